The first kappa shape index (κ1) is 13.0. The van der Waals surface area contributed by atoms with Crippen molar-refractivity contribution in [3.05, 3.63) is 59.7 Å². The fourth-order valence-electron chi connectivity index (χ4n) is 1.79. The molecule has 98 valence electrons. The number of nitrogens with zero attached hydrogens (tertiary/aromatic N) is 1. The normalized spacial score (nSPS) is 10.2. The average molecular weight is 256 g/mol. The number of nitrogens with two attached hydrogens (primary N) is 1. The van der Waals surface area contributed by atoms with E-state index in [1.165, 1.54) is 0 Å². The molecule has 0 aliphatic rings. The number of hydrogen-bond acceptors (Lipinski definition) is 3. The molecule has 0 aliphatic carbocycles. The van der Waals surface area contributed by atoms with Gasteiger partial charge in [-0.05, 0) is 42.0 Å². The fourth-order valence-corrected chi connectivity index (χ4v) is 1.79. The van der Waals surface area contributed by atoms with Crippen molar-refractivity contribution in [2.45, 2.75) is 6.54 Å². The molecule has 0 fully saturated rings. The van der Waals surface area contributed by atoms with Gasteiger partial charge in [-0.2, -0.15) is 0 Å². The van der Waals surface area contributed by atoms with Gasteiger partial charge in [-0.25, -0.2) is 0 Å². The monoisotopic (exact) mass is 256 g/mol. The van der Waals surface area contributed by atoms with Crippen LogP contribution in [0, 0.1) is 0 Å². The van der Waals surface area contributed by atoms with E-state index < -0.39 is 0 Å². The number of amides is 1. The summed E-state index contributed by atoms with van der Waals surface area (Å²) in [6.07, 6.45) is 0. The van der Waals surface area contributed by atoms with Gasteiger partial charge in [-0.15, -0.1) is 0 Å². The fraction of sp³-hybridized carbons (Fsp3) is 0.133. The molecule has 2 aromatic carbocycles. The first-order valence-electron chi connectivity index (χ1n) is 5.95. The van der Waals surface area contributed by atoms with Gasteiger partial charge in [-0.3, -0.25) is 4.79 Å². The van der Waals surface area contributed by atoms with E-state index >= 15 is 0 Å². The Balaban J connectivity index is 2.07. The molecule has 0 saturated heterocycles. The maximum Gasteiger partial charge on any atom is 0.253 e. The molecule has 0 saturated carbocycles. The molecule has 0 bridgehead atoms. The van der Waals surface area contributed by atoms with Gasteiger partial charge in [0.2, 0.25) is 0 Å². The van der Waals surface area contributed by atoms with E-state index in [0.29, 0.717) is 17.8 Å². The second kappa shape index (κ2) is 5.44. The molecule has 0 spiro atoms. The van der Waals surface area contributed by atoms with Gasteiger partial charge in [0.15, 0.2) is 0 Å². The second-order valence-corrected chi connectivity index (χ2v) is 4.45. The molecule has 19 heavy (non-hydrogen) atoms. The van der Waals surface area contributed by atoms with Gasteiger partial charge in [0.1, 0.15) is 5.75 Å². The largest absolute Gasteiger partial charge is 0.508 e. The van der Waals surface area contributed by atoms with Crippen LogP contribution < -0.4 is 5.73 Å². The first-order chi connectivity index (χ1) is 9.06. The summed E-state index contributed by atoms with van der Waals surface area (Å²) in [4.78, 5) is 13.8. The molecule has 0 aromatic heterocycles. The van der Waals surface area contributed by atoms with Crippen molar-refractivity contribution in [3.63, 3.8) is 0 Å². The molecule has 1 amide bonds. The summed E-state index contributed by atoms with van der Waals surface area (Å²) in [6.45, 7) is 0.490. The minimum absolute atomic E-state index is 0.0620. The van der Waals surface area contributed by atoms with Crippen LogP contribution in [0.5, 0.6) is 5.75 Å². The summed E-state index contributed by atoms with van der Waals surface area (Å²) in [5.74, 6) is 0.157. The number of aromatic hydroxyl groups is 1. The quantitative estimate of drug-likeness (QED) is 0.828. The predicted octanol–water partition coefficient (Wildman–Crippen LogP) is 2.25. The van der Waals surface area contributed by atoms with Crippen LogP contribution >= 0.6 is 0 Å². The number of hydrogen-bond donors (Lipinski definition) is 2. The highest BCUT2D eigenvalue weighted by Crippen LogP contribution is 2.13. The van der Waals surface area contributed by atoms with Gasteiger partial charge in [-0.1, -0.05) is 12.1 Å². The van der Waals surface area contributed by atoms with Crippen LogP contribution in [0.4, 0.5) is 5.69 Å². The number of phenolic OH excluding ortho intramolecular Hbond substituents is 1. The van der Waals surface area contributed by atoms with Crippen molar-refractivity contribution in [2.24, 2.45) is 0 Å². The lowest BCUT2D eigenvalue weighted by atomic mass is 10.1. The zero-order valence-electron chi connectivity index (χ0n) is 10.7. The van der Waals surface area contributed by atoms with E-state index in [-0.39, 0.29) is 11.7 Å². The molecule has 0 aliphatic heterocycles. The Hall–Kier alpha value is -2.49. The first-order valence-corrected chi connectivity index (χ1v) is 5.95. The summed E-state index contributed by atoms with van der Waals surface area (Å²) >= 11 is 0. The molecule has 2 rings (SSSR count). The number of nitrogen functional groups attached to an aromatic ring is 1. The van der Waals surface area contributed by atoms with Gasteiger partial charge >= 0.3 is 0 Å². The number of carbonyl (C=O) groups excluding carboxylic acids is 1. The number of carbonyl (C=O) groups is 1. The van der Waals surface area contributed by atoms with Crippen LogP contribution in [-0.4, -0.2) is 23.0 Å². The van der Waals surface area contributed by atoms with Crippen LogP contribution in [0.15, 0.2) is 48.5 Å². The molecule has 0 atom stereocenters. The number of anilines is 1. The number of rotatable bonds is 3. The number of phenols is 1. The molecule has 4 nitrogen and oxygen atoms in total. The van der Waals surface area contributed by atoms with Crippen molar-refractivity contribution >= 4 is 11.6 Å². The zero-order valence-corrected chi connectivity index (χ0v) is 10.7. The van der Waals surface area contributed by atoms with Gasteiger partial charge < -0.3 is 15.7 Å². The molecule has 4 heteroatoms. The van der Waals surface area contributed by atoms with Gasteiger partial charge in [0.25, 0.3) is 5.91 Å². The summed E-state index contributed by atoms with van der Waals surface area (Å²) in [7, 11) is 1.74. The molecular formula is C15H16N2O2. The minimum Gasteiger partial charge on any atom is -0.508 e. The second-order valence-electron chi connectivity index (χ2n) is 4.45. The van der Waals surface area contributed by atoms with E-state index in [4.69, 9.17) is 5.73 Å². The summed E-state index contributed by atoms with van der Waals surface area (Å²) < 4.78 is 0. The molecule has 3 N–H and O–H groups in total. The molecule has 0 heterocycles. The van der Waals surface area contributed by atoms with Gasteiger partial charge in [0.05, 0.1) is 0 Å². The van der Waals surface area contributed by atoms with Crippen LogP contribution in [0.25, 0.3) is 0 Å². The lowest BCUT2D eigenvalue weighted by Gasteiger charge is -2.17. The zero-order chi connectivity index (χ0) is 13.8. The molecule has 0 radical (unpaired) electrons. The summed E-state index contributed by atoms with van der Waals surface area (Å²) in [6, 6.07) is 13.6. The summed E-state index contributed by atoms with van der Waals surface area (Å²) in [5.41, 5.74) is 7.80. The lowest BCUT2D eigenvalue weighted by Crippen LogP contribution is -2.26. The van der Waals surface area contributed by atoms with Crippen molar-refractivity contribution in [3.8, 4) is 5.75 Å². The Kier molecular flexibility index (Phi) is 3.71. The SMILES string of the molecule is CN(Cc1ccc(O)cc1)C(=O)c1ccc(N)cc1. The topological polar surface area (TPSA) is 66.6 Å². The highest BCUT2D eigenvalue weighted by molar-refractivity contribution is 5.94. The van der Waals surface area contributed by atoms with Crippen LogP contribution in [0.1, 0.15) is 15.9 Å². The van der Waals surface area contributed by atoms with Crippen LogP contribution in [-0.2, 0) is 6.54 Å². The highest BCUT2D eigenvalue weighted by atomic mass is 16.3. The van der Waals surface area contributed by atoms with Crippen molar-refractivity contribution < 1.29 is 9.90 Å². The van der Waals surface area contributed by atoms with E-state index in [9.17, 15) is 9.90 Å². The van der Waals surface area contributed by atoms with E-state index in [0.717, 1.165) is 5.56 Å². The summed E-state index contributed by atoms with van der Waals surface area (Å²) in [5, 5.41) is 9.21. The molecular weight excluding hydrogens is 240 g/mol. The standard InChI is InChI=1S/C15H16N2O2/c1-17(10-11-2-8-14(18)9-3-11)15(19)12-4-6-13(16)7-5-12/h2-9,18H,10,16H2,1H3. The Morgan fingerprint density at radius 3 is 2.26 bits per heavy atom. The predicted molar refractivity (Wildman–Crippen MR) is 74.8 cm³/mol. The van der Waals surface area contributed by atoms with Crippen molar-refractivity contribution in [1.82, 2.24) is 4.90 Å². The maximum absolute atomic E-state index is 12.2. The van der Waals surface area contributed by atoms with Gasteiger partial charge in [0, 0.05) is 24.8 Å². The maximum atomic E-state index is 12.2. The van der Waals surface area contributed by atoms with E-state index in [2.05, 4.69) is 0 Å². The Morgan fingerprint density at radius 2 is 1.68 bits per heavy atom. The van der Waals surface area contributed by atoms with E-state index in [1.54, 1.807) is 60.5 Å². The third-order valence-corrected chi connectivity index (χ3v) is 2.86. The Labute approximate surface area is 112 Å². The van der Waals surface area contributed by atoms with Crippen molar-refractivity contribution in [1.29, 1.82) is 0 Å². The molecule has 2 aromatic rings. The van der Waals surface area contributed by atoms with Crippen LogP contribution in [0.3, 0.4) is 0 Å². The third-order valence-electron chi connectivity index (χ3n) is 2.86. The average Bonchev–Trinajstić information content (AvgIpc) is 2.41. The van der Waals surface area contributed by atoms with Crippen molar-refractivity contribution in [2.75, 3.05) is 12.8 Å². The van der Waals surface area contributed by atoms with E-state index in [1.807, 2.05) is 0 Å². The highest BCUT2D eigenvalue weighted by Gasteiger charge is 2.11. The Morgan fingerprint density at radius 1 is 1.11 bits per heavy atom. The Bertz CT molecular complexity index is 562. The third kappa shape index (κ3) is 3.25. The lowest BCUT2D eigenvalue weighted by molar-refractivity contribution is 0.0785. The smallest absolute Gasteiger partial charge is 0.253 e. The molecule has 0 unspecified atom stereocenters. The minimum atomic E-state index is -0.0620. The van der Waals surface area contributed by atoms with Crippen LogP contribution in [0.2, 0.25) is 0 Å². The number of benzene rings is 2.